The summed E-state index contributed by atoms with van der Waals surface area (Å²) in [4.78, 5) is 10.7. The molecule has 2 saturated heterocycles. The van der Waals surface area contributed by atoms with Crippen LogP contribution in [0.25, 0.3) is 0 Å². The molecule has 0 aliphatic carbocycles. The van der Waals surface area contributed by atoms with Crippen molar-refractivity contribution >= 4 is 5.91 Å². The minimum atomic E-state index is -0.188. The summed E-state index contributed by atoms with van der Waals surface area (Å²) >= 11 is 0. The number of carbonyl (C=O) groups is 1. The Morgan fingerprint density at radius 2 is 2.30 bits per heavy atom. The fraction of sp³-hybridized carbons (Fsp3) is 0.857. The summed E-state index contributed by atoms with van der Waals surface area (Å²) in [5.41, 5.74) is 5.17. The molecule has 2 aliphatic rings. The molecule has 1 amide bonds. The van der Waals surface area contributed by atoms with Crippen LogP contribution in [-0.4, -0.2) is 18.1 Å². The van der Waals surface area contributed by atoms with E-state index in [0.29, 0.717) is 6.10 Å². The average molecular weight is 141 g/mol. The molecular weight excluding hydrogens is 130 g/mol. The van der Waals surface area contributed by atoms with Gasteiger partial charge in [-0.05, 0) is 19.3 Å². The predicted octanol–water partition coefficient (Wildman–Crippen LogP) is 0.0392. The molecule has 0 aromatic rings. The highest BCUT2D eigenvalue weighted by Crippen LogP contribution is 2.38. The first-order chi connectivity index (χ1) is 4.77. The van der Waals surface area contributed by atoms with E-state index in [-0.39, 0.29) is 17.9 Å². The minimum absolute atomic E-state index is 0.0127. The van der Waals surface area contributed by atoms with Crippen molar-refractivity contribution in [2.45, 2.75) is 31.5 Å². The van der Waals surface area contributed by atoms with Crippen molar-refractivity contribution in [3.05, 3.63) is 0 Å². The van der Waals surface area contributed by atoms with Crippen molar-refractivity contribution in [3.8, 4) is 0 Å². The topological polar surface area (TPSA) is 52.3 Å². The molecule has 2 N–H and O–H groups in total. The summed E-state index contributed by atoms with van der Waals surface area (Å²) < 4.78 is 5.45. The van der Waals surface area contributed by atoms with Gasteiger partial charge < -0.3 is 10.5 Å². The fourth-order valence-corrected chi connectivity index (χ4v) is 1.94. The maximum Gasteiger partial charge on any atom is 0.223 e. The number of nitrogens with two attached hydrogens (primary N) is 1. The second kappa shape index (κ2) is 1.95. The van der Waals surface area contributed by atoms with Crippen LogP contribution < -0.4 is 5.73 Å². The number of amides is 1. The number of rotatable bonds is 1. The summed E-state index contributed by atoms with van der Waals surface area (Å²) in [5, 5.41) is 0. The third-order valence-electron chi connectivity index (χ3n) is 2.47. The van der Waals surface area contributed by atoms with E-state index in [0.717, 1.165) is 19.3 Å². The van der Waals surface area contributed by atoms with Crippen LogP contribution in [0, 0.1) is 5.92 Å². The molecule has 0 aromatic heterocycles. The van der Waals surface area contributed by atoms with Crippen molar-refractivity contribution in [1.82, 2.24) is 0 Å². The second-order valence-electron chi connectivity index (χ2n) is 3.12. The highest BCUT2D eigenvalue weighted by Gasteiger charge is 2.43. The Morgan fingerprint density at radius 3 is 2.60 bits per heavy atom. The normalized spacial score (nSPS) is 44.2. The van der Waals surface area contributed by atoms with E-state index in [4.69, 9.17) is 10.5 Å². The van der Waals surface area contributed by atoms with Crippen LogP contribution in [0.15, 0.2) is 0 Å². The standard InChI is InChI=1S/C7H11NO2/c8-7(9)5-3-4-1-2-6(5)10-4/h4-6H,1-3H2,(H2,8,9)/t4-,5-,6+/m0/s1. The van der Waals surface area contributed by atoms with E-state index in [1.54, 1.807) is 0 Å². The molecule has 3 heteroatoms. The Bertz CT molecular complexity index is 169. The van der Waals surface area contributed by atoms with Crippen molar-refractivity contribution in [2.24, 2.45) is 11.7 Å². The predicted molar refractivity (Wildman–Crippen MR) is 35.2 cm³/mol. The Morgan fingerprint density at radius 1 is 1.50 bits per heavy atom. The molecular formula is C7H11NO2. The third kappa shape index (κ3) is 0.736. The highest BCUT2D eigenvalue weighted by molar-refractivity contribution is 5.77. The number of fused-ring (bicyclic) bond motifs is 2. The van der Waals surface area contributed by atoms with Crippen LogP contribution >= 0.6 is 0 Å². The number of hydrogen-bond acceptors (Lipinski definition) is 2. The molecule has 3 atom stereocenters. The number of ether oxygens (including phenoxy) is 1. The van der Waals surface area contributed by atoms with Crippen LogP contribution in [0.4, 0.5) is 0 Å². The van der Waals surface area contributed by atoms with Gasteiger partial charge in [0.1, 0.15) is 0 Å². The molecule has 0 saturated carbocycles. The molecule has 10 heavy (non-hydrogen) atoms. The van der Waals surface area contributed by atoms with Crippen LogP contribution in [0.3, 0.4) is 0 Å². The van der Waals surface area contributed by atoms with Gasteiger partial charge in [0.25, 0.3) is 0 Å². The zero-order valence-electron chi connectivity index (χ0n) is 5.75. The van der Waals surface area contributed by atoms with Gasteiger partial charge in [-0.3, -0.25) is 4.79 Å². The van der Waals surface area contributed by atoms with Gasteiger partial charge in [-0.25, -0.2) is 0 Å². The largest absolute Gasteiger partial charge is 0.374 e. The highest BCUT2D eigenvalue weighted by atomic mass is 16.5. The second-order valence-corrected chi connectivity index (χ2v) is 3.12. The molecule has 0 aromatic carbocycles. The number of primary amides is 1. The summed E-state index contributed by atoms with van der Waals surface area (Å²) in [6.07, 6.45) is 3.50. The van der Waals surface area contributed by atoms with Crippen LogP contribution in [0.2, 0.25) is 0 Å². The monoisotopic (exact) mass is 141 g/mol. The fourth-order valence-electron chi connectivity index (χ4n) is 1.94. The summed E-state index contributed by atoms with van der Waals surface area (Å²) in [7, 11) is 0. The maximum absolute atomic E-state index is 10.7. The molecule has 0 radical (unpaired) electrons. The Kier molecular flexibility index (Phi) is 1.20. The Hall–Kier alpha value is -0.570. The van der Waals surface area contributed by atoms with Crippen molar-refractivity contribution in [2.75, 3.05) is 0 Å². The molecule has 0 spiro atoms. The van der Waals surface area contributed by atoms with Gasteiger partial charge in [0.15, 0.2) is 0 Å². The first kappa shape index (κ1) is 6.16. The van der Waals surface area contributed by atoms with Gasteiger partial charge in [-0.1, -0.05) is 0 Å². The van der Waals surface area contributed by atoms with Crippen molar-refractivity contribution in [3.63, 3.8) is 0 Å². The Labute approximate surface area is 59.5 Å². The number of carbonyl (C=O) groups excluding carboxylic acids is 1. The molecule has 2 rings (SSSR count). The molecule has 2 fully saturated rings. The molecule has 3 nitrogen and oxygen atoms in total. The third-order valence-corrected chi connectivity index (χ3v) is 2.47. The van der Waals surface area contributed by atoms with E-state index < -0.39 is 0 Å². The zero-order valence-corrected chi connectivity index (χ0v) is 5.75. The SMILES string of the molecule is NC(=O)[C@H]1C[C@@H]2CC[C@H]1O2. The summed E-state index contributed by atoms with van der Waals surface area (Å²) in [5.74, 6) is -0.175. The molecule has 56 valence electrons. The maximum atomic E-state index is 10.7. The van der Waals surface area contributed by atoms with Crippen molar-refractivity contribution in [1.29, 1.82) is 0 Å². The van der Waals surface area contributed by atoms with Crippen LogP contribution in [-0.2, 0) is 9.53 Å². The van der Waals surface area contributed by atoms with Gasteiger partial charge in [-0.2, -0.15) is 0 Å². The molecule has 2 bridgehead atoms. The molecule has 2 heterocycles. The minimum Gasteiger partial charge on any atom is -0.374 e. The average Bonchev–Trinajstić information content (AvgIpc) is 2.44. The van der Waals surface area contributed by atoms with Gasteiger partial charge in [0.05, 0.1) is 18.1 Å². The van der Waals surface area contributed by atoms with Gasteiger partial charge >= 0.3 is 0 Å². The summed E-state index contributed by atoms with van der Waals surface area (Å²) in [6.45, 7) is 0. The lowest BCUT2D eigenvalue weighted by molar-refractivity contribution is -0.123. The van der Waals surface area contributed by atoms with Gasteiger partial charge in [0, 0.05) is 0 Å². The van der Waals surface area contributed by atoms with E-state index >= 15 is 0 Å². The molecule has 2 aliphatic heterocycles. The lowest BCUT2D eigenvalue weighted by atomic mass is 9.89. The first-order valence-corrected chi connectivity index (χ1v) is 3.72. The van der Waals surface area contributed by atoms with Gasteiger partial charge in [0.2, 0.25) is 5.91 Å². The number of hydrogen-bond donors (Lipinski definition) is 1. The Balaban J connectivity index is 2.08. The van der Waals surface area contributed by atoms with Crippen LogP contribution in [0.5, 0.6) is 0 Å². The summed E-state index contributed by atoms with van der Waals surface area (Å²) in [6, 6.07) is 0. The quantitative estimate of drug-likeness (QED) is 0.560. The lowest BCUT2D eigenvalue weighted by Crippen LogP contribution is -2.30. The zero-order chi connectivity index (χ0) is 7.14. The van der Waals surface area contributed by atoms with Crippen LogP contribution in [0.1, 0.15) is 19.3 Å². The lowest BCUT2D eigenvalue weighted by Gasteiger charge is -2.13. The first-order valence-electron chi connectivity index (χ1n) is 3.72. The smallest absolute Gasteiger partial charge is 0.223 e. The van der Waals surface area contributed by atoms with E-state index in [1.165, 1.54) is 0 Å². The van der Waals surface area contributed by atoms with E-state index in [2.05, 4.69) is 0 Å². The van der Waals surface area contributed by atoms with E-state index in [9.17, 15) is 4.79 Å². The van der Waals surface area contributed by atoms with E-state index in [1.807, 2.05) is 0 Å². The molecule has 0 unspecified atom stereocenters. The van der Waals surface area contributed by atoms with Gasteiger partial charge in [-0.15, -0.1) is 0 Å². The van der Waals surface area contributed by atoms with Crippen molar-refractivity contribution < 1.29 is 9.53 Å².